The van der Waals surface area contributed by atoms with Gasteiger partial charge in [0.1, 0.15) is 5.56 Å². The SMILES string of the molecule is C=c1c(C(=O)O)c(O)n(CC)c(=O)c1=C. The first kappa shape index (κ1) is 11.0. The van der Waals surface area contributed by atoms with Gasteiger partial charge < -0.3 is 10.2 Å². The highest BCUT2D eigenvalue weighted by Crippen LogP contribution is 2.08. The van der Waals surface area contributed by atoms with E-state index in [0.717, 1.165) is 4.57 Å². The van der Waals surface area contributed by atoms with Crippen LogP contribution in [0.4, 0.5) is 0 Å². The second-order valence-electron chi connectivity index (χ2n) is 3.01. The number of carbonyl (C=O) groups is 1. The molecule has 5 nitrogen and oxygen atoms in total. The fourth-order valence-corrected chi connectivity index (χ4v) is 1.33. The average Bonchev–Trinajstić information content (AvgIpc) is 2.15. The molecule has 15 heavy (non-hydrogen) atoms. The van der Waals surface area contributed by atoms with E-state index in [9.17, 15) is 14.7 Å². The van der Waals surface area contributed by atoms with Gasteiger partial charge in [0.05, 0.1) is 0 Å². The highest BCUT2D eigenvalue weighted by Gasteiger charge is 2.16. The molecule has 0 saturated carbocycles. The van der Waals surface area contributed by atoms with Crippen LogP contribution in [0.1, 0.15) is 17.3 Å². The molecule has 0 aliphatic heterocycles. The number of hydrogen-bond acceptors (Lipinski definition) is 3. The maximum absolute atomic E-state index is 11.5. The van der Waals surface area contributed by atoms with Crippen molar-refractivity contribution in [1.82, 2.24) is 4.57 Å². The summed E-state index contributed by atoms with van der Waals surface area (Å²) in [6.07, 6.45) is 0. The van der Waals surface area contributed by atoms with E-state index in [1.165, 1.54) is 0 Å². The molecule has 0 aromatic carbocycles. The molecule has 0 atom stereocenters. The highest BCUT2D eigenvalue weighted by atomic mass is 16.4. The largest absolute Gasteiger partial charge is 0.494 e. The average molecular weight is 209 g/mol. The molecule has 0 bridgehead atoms. The van der Waals surface area contributed by atoms with Crippen LogP contribution < -0.4 is 16.0 Å². The lowest BCUT2D eigenvalue weighted by atomic mass is 10.2. The van der Waals surface area contributed by atoms with Crippen LogP contribution in [-0.4, -0.2) is 20.7 Å². The molecule has 0 fully saturated rings. The lowest BCUT2D eigenvalue weighted by molar-refractivity contribution is 0.0690. The van der Waals surface area contributed by atoms with E-state index in [1.807, 2.05) is 0 Å². The van der Waals surface area contributed by atoms with Crippen LogP contribution >= 0.6 is 0 Å². The van der Waals surface area contributed by atoms with Crippen molar-refractivity contribution in [3.63, 3.8) is 0 Å². The van der Waals surface area contributed by atoms with Gasteiger partial charge >= 0.3 is 5.97 Å². The molecule has 0 saturated heterocycles. The number of nitrogens with zero attached hydrogens (tertiary/aromatic N) is 1. The van der Waals surface area contributed by atoms with E-state index in [2.05, 4.69) is 13.2 Å². The zero-order valence-corrected chi connectivity index (χ0v) is 8.28. The lowest BCUT2D eigenvalue weighted by Crippen LogP contribution is -2.46. The minimum Gasteiger partial charge on any atom is -0.494 e. The molecule has 80 valence electrons. The molecule has 5 heteroatoms. The summed E-state index contributed by atoms with van der Waals surface area (Å²) in [5, 5.41) is 18.3. The number of aromatic nitrogens is 1. The Bertz CT molecular complexity index is 571. The number of hydrogen-bond donors (Lipinski definition) is 2. The van der Waals surface area contributed by atoms with Gasteiger partial charge in [-0.2, -0.15) is 0 Å². The van der Waals surface area contributed by atoms with Crippen LogP contribution in [0.2, 0.25) is 0 Å². The normalized spacial score (nSPS) is 10.2. The van der Waals surface area contributed by atoms with Gasteiger partial charge in [0, 0.05) is 11.8 Å². The van der Waals surface area contributed by atoms with E-state index >= 15 is 0 Å². The summed E-state index contributed by atoms with van der Waals surface area (Å²) in [6, 6.07) is 0. The van der Waals surface area contributed by atoms with Crippen molar-refractivity contribution < 1.29 is 15.0 Å². The van der Waals surface area contributed by atoms with Crippen LogP contribution in [0.15, 0.2) is 4.79 Å². The minimum atomic E-state index is -1.33. The van der Waals surface area contributed by atoms with Crippen molar-refractivity contribution in [2.75, 3.05) is 0 Å². The van der Waals surface area contributed by atoms with Gasteiger partial charge in [0.15, 0.2) is 0 Å². The van der Waals surface area contributed by atoms with Crippen molar-refractivity contribution >= 4 is 19.1 Å². The summed E-state index contributed by atoms with van der Waals surface area (Å²) in [6.45, 7) is 8.66. The third-order valence-corrected chi connectivity index (χ3v) is 2.18. The zero-order valence-electron chi connectivity index (χ0n) is 8.28. The van der Waals surface area contributed by atoms with E-state index in [-0.39, 0.29) is 22.5 Å². The van der Waals surface area contributed by atoms with E-state index < -0.39 is 17.4 Å². The van der Waals surface area contributed by atoms with E-state index in [4.69, 9.17) is 5.11 Å². The Morgan fingerprint density at radius 3 is 2.33 bits per heavy atom. The number of pyridine rings is 1. The number of rotatable bonds is 2. The molecule has 0 radical (unpaired) electrons. The van der Waals surface area contributed by atoms with Crippen molar-refractivity contribution in [2.24, 2.45) is 0 Å². The van der Waals surface area contributed by atoms with Crippen LogP contribution in [0, 0.1) is 0 Å². The quantitative estimate of drug-likeness (QED) is 0.661. The van der Waals surface area contributed by atoms with Crippen molar-refractivity contribution in [3.8, 4) is 5.88 Å². The number of carboxylic acids is 1. The summed E-state index contributed by atoms with van der Waals surface area (Å²) >= 11 is 0. The summed E-state index contributed by atoms with van der Waals surface area (Å²) in [5.74, 6) is -1.91. The van der Waals surface area contributed by atoms with Gasteiger partial charge in [0.25, 0.3) is 5.56 Å². The standard InChI is InChI=1S/C10H11NO4/c1-4-11-8(12)6(3)5(2)7(9(11)13)10(14)15/h13H,2-4H2,1H3,(H,14,15). The summed E-state index contributed by atoms with van der Waals surface area (Å²) in [5.41, 5.74) is -0.897. The van der Waals surface area contributed by atoms with Crippen LogP contribution in [0.5, 0.6) is 5.88 Å². The van der Waals surface area contributed by atoms with Gasteiger partial charge in [-0.05, 0) is 12.1 Å². The van der Waals surface area contributed by atoms with Crippen LogP contribution in [0.25, 0.3) is 13.2 Å². The van der Waals surface area contributed by atoms with Crippen LogP contribution in [-0.2, 0) is 6.54 Å². The third kappa shape index (κ3) is 1.52. The molecule has 0 aliphatic carbocycles. The van der Waals surface area contributed by atoms with Crippen molar-refractivity contribution in [3.05, 3.63) is 26.4 Å². The predicted octanol–water partition coefficient (Wildman–Crippen LogP) is -0.907. The molecule has 0 spiro atoms. The Kier molecular flexibility index (Phi) is 2.65. The second kappa shape index (κ2) is 3.61. The van der Waals surface area contributed by atoms with Crippen molar-refractivity contribution in [2.45, 2.75) is 13.5 Å². The molecule has 0 amide bonds. The molecule has 0 aliphatic rings. The van der Waals surface area contributed by atoms with Gasteiger partial charge in [-0.25, -0.2) is 4.79 Å². The molecule has 1 aromatic heterocycles. The van der Waals surface area contributed by atoms with Crippen molar-refractivity contribution in [1.29, 1.82) is 0 Å². The fourth-order valence-electron chi connectivity index (χ4n) is 1.33. The Balaban J connectivity index is 3.94. The number of aromatic carboxylic acids is 1. The number of aromatic hydroxyl groups is 1. The molecule has 1 heterocycles. The first-order valence-corrected chi connectivity index (χ1v) is 4.28. The maximum Gasteiger partial charge on any atom is 0.341 e. The first-order valence-electron chi connectivity index (χ1n) is 4.28. The Labute approximate surface area is 85.2 Å². The number of carboxylic acid groups (broad SMARTS) is 1. The minimum absolute atomic E-state index is 0.00736. The fraction of sp³-hybridized carbons (Fsp3) is 0.200. The smallest absolute Gasteiger partial charge is 0.341 e. The van der Waals surface area contributed by atoms with Crippen LogP contribution in [0.3, 0.4) is 0 Å². The molecule has 2 N–H and O–H groups in total. The topological polar surface area (TPSA) is 79.5 Å². The molecule has 0 unspecified atom stereocenters. The van der Waals surface area contributed by atoms with Gasteiger partial charge in [0.2, 0.25) is 5.88 Å². The zero-order chi connectivity index (χ0) is 11.7. The van der Waals surface area contributed by atoms with Gasteiger partial charge in [-0.1, -0.05) is 13.2 Å². The monoisotopic (exact) mass is 209 g/mol. The molecular weight excluding hydrogens is 198 g/mol. The predicted molar refractivity (Wildman–Crippen MR) is 55.3 cm³/mol. The summed E-state index contributed by atoms with van der Waals surface area (Å²) < 4.78 is 0.945. The lowest BCUT2D eigenvalue weighted by Gasteiger charge is -2.08. The Hall–Kier alpha value is -2.04. The summed E-state index contributed by atoms with van der Waals surface area (Å²) in [7, 11) is 0. The highest BCUT2D eigenvalue weighted by molar-refractivity contribution is 5.90. The van der Waals surface area contributed by atoms with Gasteiger partial charge in [-0.3, -0.25) is 9.36 Å². The van der Waals surface area contributed by atoms with Gasteiger partial charge in [-0.15, -0.1) is 0 Å². The molecule has 1 rings (SSSR count). The second-order valence-corrected chi connectivity index (χ2v) is 3.01. The summed E-state index contributed by atoms with van der Waals surface area (Å²) in [4.78, 5) is 22.4. The third-order valence-electron chi connectivity index (χ3n) is 2.18. The van der Waals surface area contributed by atoms with E-state index in [0.29, 0.717) is 0 Å². The molecular formula is C10H11NO4. The Morgan fingerprint density at radius 1 is 1.40 bits per heavy atom. The maximum atomic E-state index is 11.5. The first-order chi connectivity index (χ1) is 6.91. The van der Waals surface area contributed by atoms with E-state index in [1.54, 1.807) is 6.92 Å². The molecule has 1 aromatic rings. The Morgan fingerprint density at radius 2 is 1.93 bits per heavy atom.